The summed E-state index contributed by atoms with van der Waals surface area (Å²) in [7, 11) is 2.20. The summed E-state index contributed by atoms with van der Waals surface area (Å²) in [5, 5.41) is 0. The number of hydrogen-bond acceptors (Lipinski definition) is 2. The quantitative estimate of drug-likeness (QED) is 0.855. The molecule has 1 aromatic rings. The molecule has 1 atom stereocenters. The molecule has 122 valence electrons. The van der Waals surface area contributed by atoms with E-state index < -0.39 is 0 Å². The van der Waals surface area contributed by atoms with Crippen LogP contribution < -0.4 is 0 Å². The standard InChI is InChI=1S/C18H29N3O/c1-3-6-16(20-10-4-5-11-20)17(22)21-14-9-18(15-21)7-12-19(2)13-8-18/h4-5,10-11,16H,3,6-9,12-15H2,1-2H3. The van der Waals surface area contributed by atoms with Gasteiger partial charge in [-0.15, -0.1) is 0 Å². The predicted octanol–water partition coefficient (Wildman–Crippen LogP) is 2.77. The lowest BCUT2D eigenvalue weighted by molar-refractivity contribution is -0.134. The van der Waals surface area contributed by atoms with Gasteiger partial charge < -0.3 is 14.4 Å². The van der Waals surface area contributed by atoms with E-state index in [1.54, 1.807) is 0 Å². The number of rotatable bonds is 4. The van der Waals surface area contributed by atoms with Gasteiger partial charge in [0.05, 0.1) is 0 Å². The van der Waals surface area contributed by atoms with E-state index in [0.717, 1.165) is 25.9 Å². The highest BCUT2D eigenvalue weighted by Gasteiger charge is 2.42. The Labute approximate surface area is 134 Å². The van der Waals surface area contributed by atoms with Crippen molar-refractivity contribution >= 4 is 5.91 Å². The van der Waals surface area contributed by atoms with Crippen LogP contribution in [0.2, 0.25) is 0 Å². The minimum Gasteiger partial charge on any atom is -0.342 e. The van der Waals surface area contributed by atoms with Crippen LogP contribution in [0.1, 0.15) is 45.1 Å². The van der Waals surface area contributed by atoms with Gasteiger partial charge in [-0.25, -0.2) is 0 Å². The number of likely N-dealkylation sites (tertiary alicyclic amines) is 2. The van der Waals surface area contributed by atoms with E-state index in [-0.39, 0.29) is 6.04 Å². The van der Waals surface area contributed by atoms with E-state index in [1.165, 1.54) is 32.4 Å². The van der Waals surface area contributed by atoms with Gasteiger partial charge in [-0.05, 0) is 63.4 Å². The molecule has 3 rings (SSSR count). The molecule has 0 radical (unpaired) electrons. The Kier molecular flexibility index (Phi) is 4.57. The molecule has 1 unspecified atom stereocenters. The van der Waals surface area contributed by atoms with E-state index in [2.05, 4.69) is 28.3 Å². The molecule has 1 spiro atoms. The van der Waals surface area contributed by atoms with Crippen molar-refractivity contribution in [1.29, 1.82) is 0 Å². The topological polar surface area (TPSA) is 28.5 Å². The van der Waals surface area contributed by atoms with Crippen LogP contribution in [-0.4, -0.2) is 53.5 Å². The van der Waals surface area contributed by atoms with Crippen molar-refractivity contribution in [3.8, 4) is 0 Å². The second-order valence-electron chi connectivity index (χ2n) is 7.25. The van der Waals surface area contributed by atoms with Crippen molar-refractivity contribution in [2.75, 3.05) is 33.2 Å². The SMILES string of the molecule is CCCC(C(=O)N1CCC2(CCN(C)CC2)C1)n1cccc1. The lowest BCUT2D eigenvalue weighted by Crippen LogP contribution is -2.42. The molecule has 4 heteroatoms. The first kappa shape index (κ1) is 15.6. The minimum atomic E-state index is -0.0126. The van der Waals surface area contributed by atoms with Gasteiger partial charge in [-0.1, -0.05) is 13.3 Å². The summed E-state index contributed by atoms with van der Waals surface area (Å²) in [6.45, 7) is 6.44. The number of hydrogen-bond donors (Lipinski definition) is 0. The smallest absolute Gasteiger partial charge is 0.245 e. The zero-order valence-corrected chi connectivity index (χ0v) is 14.0. The molecule has 1 aromatic heterocycles. The maximum Gasteiger partial charge on any atom is 0.245 e. The Bertz CT molecular complexity index is 488. The zero-order chi connectivity index (χ0) is 15.6. The molecule has 3 heterocycles. The predicted molar refractivity (Wildman–Crippen MR) is 88.7 cm³/mol. The minimum absolute atomic E-state index is 0.0126. The van der Waals surface area contributed by atoms with Crippen LogP contribution in [0.15, 0.2) is 24.5 Å². The molecule has 22 heavy (non-hydrogen) atoms. The first-order valence-electron chi connectivity index (χ1n) is 8.73. The fourth-order valence-corrected chi connectivity index (χ4v) is 4.06. The first-order chi connectivity index (χ1) is 10.6. The monoisotopic (exact) mass is 303 g/mol. The molecule has 2 aliphatic heterocycles. The Balaban J connectivity index is 1.67. The summed E-state index contributed by atoms with van der Waals surface area (Å²) in [6, 6.07) is 4.01. The van der Waals surface area contributed by atoms with Crippen molar-refractivity contribution in [3.05, 3.63) is 24.5 Å². The molecule has 0 bridgehead atoms. The summed E-state index contributed by atoms with van der Waals surface area (Å²) < 4.78 is 2.09. The third-order valence-electron chi connectivity index (χ3n) is 5.63. The molecule has 4 nitrogen and oxygen atoms in total. The average molecular weight is 303 g/mol. The van der Waals surface area contributed by atoms with Gasteiger partial charge in [0, 0.05) is 25.5 Å². The molecule has 2 saturated heterocycles. The van der Waals surface area contributed by atoms with Crippen molar-refractivity contribution in [2.45, 2.75) is 45.1 Å². The Morgan fingerprint density at radius 3 is 2.41 bits per heavy atom. The van der Waals surface area contributed by atoms with Gasteiger partial charge in [-0.2, -0.15) is 0 Å². The van der Waals surface area contributed by atoms with Crippen molar-refractivity contribution < 1.29 is 4.79 Å². The third-order valence-corrected chi connectivity index (χ3v) is 5.63. The summed E-state index contributed by atoms with van der Waals surface area (Å²) in [5.74, 6) is 0.328. The van der Waals surface area contributed by atoms with E-state index in [1.807, 2.05) is 24.5 Å². The van der Waals surface area contributed by atoms with Crippen LogP contribution in [-0.2, 0) is 4.79 Å². The lowest BCUT2D eigenvalue weighted by atomic mass is 9.78. The number of amides is 1. The largest absolute Gasteiger partial charge is 0.342 e. The average Bonchev–Trinajstić information content (AvgIpc) is 3.18. The molecule has 0 N–H and O–H groups in total. The number of nitrogens with zero attached hydrogens (tertiary/aromatic N) is 3. The van der Waals surface area contributed by atoms with E-state index in [9.17, 15) is 4.79 Å². The summed E-state index contributed by atoms with van der Waals surface area (Å²) in [5.41, 5.74) is 0.398. The number of aromatic nitrogens is 1. The number of piperidine rings is 1. The number of carbonyl (C=O) groups excluding carboxylic acids is 1. The van der Waals surface area contributed by atoms with Gasteiger partial charge in [-0.3, -0.25) is 4.79 Å². The Morgan fingerprint density at radius 1 is 1.14 bits per heavy atom. The van der Waals surface area contributed by atoms with Crippen LogP contribution >= 0.6 is 0 Å². The number of carbonyl (C=O) groups is 1. The molecular formula is C18H29N3O. The van der Waals surface area contributed by atoms with Crippen LogP contribution in [0, 0.1) is 5.41 Å². The summed E-state index contributed by atoms with van der Waals surface area (Å²) in [4.78, 5) is 17.6. The van der Waals surface area contributed by atoms with E-state index in [0.29, 0.717) is 11.3 Å². The highest BCUT2D eigenvalue weighted by atomic mass is 16.2. The first-order valence-corrected chi connectivity index (χ1v) is 8.73. The second-order valence-corrected chi connectivity index (χ2v) is 7.25. The molecule has 1 amide bonds. The fourth-order valence-electron chi connectivity index (χ4n) is 4.06. The third kappa shape index (κ3) is 3.07. The summed E-state index contributed by atoms with van der Waals surface area (Å²) in [6.07, 6.45) is 9.71. The van der Waals surface area contributed by atoms with Crippen LogP contribution in [0.25, 0.3) is 0 Å². The van der Waals surface area contributed by atoms with Gasteiger partial charge in [0.2, 0.25) is 5.91 Å². The van der Waals surface area contributed by atoms with Crippen LogP contribution in [0.5, 0.6) is 0 Å². The molecule has 2 aliphatic rings. The summed E-state index contributed by atoms with van der Waals surface area (Å²) >= 11 is 0. The van der Waals surface area contributed by atoms with E-state index >= 15 is 0 Å². The van der Waals surface area contributed by atoms with Gasteiger partial charge in [0.15, 0.2) is 0 Å². The lowest BCUT2D eigenvalue weighted by Gasteiger charge is -2.37. The van der Waals surface area contributed by atoms with Gasteiger partial charge >= 0.3 is 0 Å². The highest BCUT2D eigenvalue weighted by Crippen LogP contribution is 2.40. The van der Waals surface area contributed by atoms with Gasteiger partial charge in [0.1, 0.15) is 6.04 Å². The normalized spacial score (nSPS) is 23.1. The van der Waals surface area contributed by atoms with Crippen LogP contribution in [0.4, 0.5) is 0 Å². The maximum absolute atomic E-state index is 13.0. The van der Waals surface area contributed by atoms with Crippen molar-refractivity contribution in [1.82, 2.24) is 14.4 Å². The highest BCUT2D eigenvalue weighted by molar-refractivity contribution is 5.80. The van der Waals surface area contributed by atoms with Gasteiger partial charge in [0.25, 0.3) is 0 Å². The maximum atomic E-state index is 13.0. The van der Waals surface area contributed by atoms with Crippen molar-refractivity contribution in [2.24, 2.45) is 5.41 Å². The van der Waals surface area contributed by atoms with Crippen LogP contribution in [0.3, 0.4) is 0 Å². The Hall–Kier alpha value is -1.29. The fraction of sp³-hybridized carbons (Fsp3) is 0.722. The molecule has 0 aliphatic carbocycles. The molecule has 0 saturated carbocycles. The molecular weight excluding hydrogens is 274 g/mol. The van der Waals surface area contributed by atoms with Crippen molar-refractivity contribution in [3.63, 3.8) is 0 Å². The second kappa shape index (κ2) is 6.45. The zero-order valence-electron chi connectivity index (χ0n) is 14.0. The molecule has 2 fully saturated rings. The van der Waals surface area contributed by atoms with E-state index in [4.69, 9.17) is 0 Å². The molecule has 0 aromatic carbocycles. The Morgan fingerprint density at radius 2 is 1.77 bits per heavy atom.